The quantitative estimate of drug-likeness (QED) is 0.240. The smallest absolute Gasteiger partial charge is 0.307 e. The molecule has 0 heterocycles. The molecule has 1 atom stereocenters. The molecule has 0 unspecified atom stereocenters. The van der Waals surface area contributed by atoms with Crippen molar-refractivity contribution in [2.24, 2.45) is 0 Å². The Morgan fingerprint density at radius 2 is 1.79 bits per heavy atom. The highest BCUT2D eigenvalue weighted by Gasteiger charge is 2.20. The van der Waals surface area contributed by atoms with Gasteiger partial charge >= 0.3 is 5.97 Å². The second kappa shape index (κ2) is 11.0. The molecule has 3 aromatic carbocycles. The van der Waals surface area contributed by atoms with Crippen LogP contribution in [0.2, 0.25) is 0 Å². The highest BCUT2D eigenvalue weighted by Crippen LogP contribution is 2.37. The lowest BCUT2D eigenvalue weighted by atomic mass is 10.0. The van der Waals surface area contributed by atoms with Crippen molar-refractivity contribution in [1.82, 2.24) is 0 Å². The maximum absolute atomic E-state index is 11.9. The van der Waals surface area contributed by atoms with Crippen molar-refractivity contribution in [3.05, 3.63) is 59.7 Å². The molecule has 6 heteroatoms. The monoisotopic (exact) mass is 462 g/mol. The first kappa shape index (κ1) is 24.3. The Balaban J connectivity index is 1.95. The number of carbonyl (C=O) groups excluding carboxylic acids is 1. The van der Waals surface area contributed by atoms with Gasteiger partial charge in [0.15, 0.2) is 0 Å². The summed E-state index contributed by atoms with van der Waals surface area (Å²) in [5.74, 6) is 3.33. The molecule has 33 heavy (non-hydrogen) atoms. The average Bonchev–Trinajstić information content (AvgIpc) is 2.81. The molecule has 0 bridgehead atoms. The molecule has 0 saturated carbocycles. The second-order valence-corrected chi connectivity index (χ2v) is 8.75. The predicted molar refractivity (Wildman–Crippen MR) is 138 cm³/mol. The highest BCUT2D eigenvalue weighted by atomic mass is 32.2. The molecule has 0 radical (unpaired) electrons. The Labute approximate surface area is 200 Å². The fourth-order valence-electron chi connectivity index (χ4n) is 3.93. The van der Waals surface area contributed by atoms with E-state index in [9.17, 15) is 4.79 Å². The number of fused-ring (bicyclic) bond motifs is 1. The zero-order valence-corrected chi connectivity index (χ0v) is 20.6. The zero-order valence-electron chi connectivity index (χ0n) is 19.8. The number of nitrogens with one attached hydrogen (secondary N) is 1. The molecule has 5 nitrogen and oxygen atoms in total. The summed E-state index contributed by atoms with van der Waals surface area (Å²) in [6.07, 6.45) is 5.93. The Bertz CT molecular complexity index is 1160. The Kier molecular flexibility index (Phi) is 8.13. The van der Waals surface area contributed by atoms with Crippen LogP contribution in [0.1, 0.15) is 24.5 Å². The van der Waals surface area contributed by atoms with Crippen molar-refractivity contribution < 1.29 is 14.3 Å². The van der Waals surface area contributed by atoms with Gasteiger partial charge in [0, 0.05) is 27.4 Å². The van der Waals surface area contributed by atoms with Gasteiger partial charge < -0.3 is 19.1 Å². The number of rotatable bonds is 9. The van der Waals surface area contributed by atoms with Gasteiger partial charge in [-0.15, -0.1) is 6.42 Å². The molecule has 3 rings (SSSR count). The lowest BCUT2D eigenvalue weighted by Gasteiger charge is -2.30. The Hall–Kier alpha value is -3.30. The predicted octanol–water partition coefficient (Wildman–Crippen LogP) is 5.98. The topological polar surface area (TPSA) is 50.8 Å². The maximum Gasteiger partial charge on any atom is 0.307 e. The molecule has 172 valence electrons. The number of nitrogens with zero attached hydrogens (tertiary/aromatic N) is 1. The number of methoxy groups -OCH3 is 2. The fraction of sp³-hybridized carbons (Fsp3) is 0.296. The molecule has 0 aliphatic carbocycles. The van der Waals surface area contributed by atoms with Crippen LogP contribution in [0.25, 0.3) is 10.8 Å². The molecule has 1 N–H and O–H groups in total. The first-order chi connectivity index (χ1) is 15.9. The van der Waals surface area contributed by atoms with E-state index in [4.69, 9.17) is 15.9 Å². The second-order valence-electron chi connectivity index (χ2n) is 7.93. The van der Waals surface area contributed by atoms with Crippen LogP contribution in [0, 0.1) is 26.2 Å². The third kappa shape index (κ3) is 5.55. The molecular formula is C27H30N2O3S. The van der Waals surface area contributed by atoms with Crippen LogP contribution >= 0.6 is 11.9 Å². The number of benzene rings is 3. The van der Waals surface area contributed by atoms with Gasteiger partial charge in [0.05, 0.1) is 32.9 Å². The first-order valence-corrected chi connectivity index (χ1v) is 11.6. The SMILES string of the molecule is C#CCN(c1ccc(NSc2c(C)cc(OC)cc2C)c2ccccc12)[C@@H](C)CC(=O)OC. The van der Waals surface area contributed by atoms with E-state index in [1.165, 1.54) is 12.0 Å². The summed E-state index contributed by atoms with van der Waals surface area (Å²) < 4.78 is 13.8. The summed E-state index contributed by atoms with van der Waals surface area (Å²) in [6.45, 7) is 6.55. The van der Waals surface area contributed by atoms with E-state index >= 15 is 0 Å². The van der Waals surface area contributed by atoms with Crippen LogP contribution in [0.3, 0.4) is 0 Å². The first-order valence-electron chi connectivity index (χ1n) is 10.8. The van der Waals surface area contributed by atoms with Gasteiger partial charge in [-0.3, -0.25) is 4.79 Å². The largest absolute Gasteiger partial charge is 0.497 e. The van der Waals surface area contributed by atoms with Crippen LogP contribution in [-0.2, 0) is 9.53 Å². The van der Waals surface area contributed by atoms with Crippen LogP contribution in [-0.4, -0.2) is 32.8 Å². The van der Waals surface area contributed by atoms with Crippen molar-refractivity contribution in [3.63, 3.8) is 0 Å². The fourth-order valence-corrected chi connectivity index (χ4v) is 4.76. The number of esters is 1. The van der Waals surface area contributed by atoms with E-state index in [2.05, 4.69) is 53.7 Å². The number of carbonyl (C=O) groups is 1. The van der Waals surface area contributed by atoms with Gasteiger partial charge in [0.25, 0.3) is 0 Å². The molecule has 0 amide bonds. The number of ether oxygens (including phenoxy) is 2. The van der Waals surface area contributed by atoms with Crippen molar-refractivity contribution in [2.45, 2.75) is 38.1 Å². The van der Waals surface area contributed by atoms with E-state index in [1.807, 2.05) is 31.2 Å². The van der Waals surface area contributed by atoms with Gasteiger partial charge in [0.1, 0.15) is 5.75 Å². The highest BCUT2D eigenvalue weighted by molar-refractivity contribution is 8.00. The van der Waals surface area contributed by atoms with Crippen molar-refractivity contribution in [3.8, 4) is 18.1 Å². The van der Waals surface area contributed by atoms with Gasteiger partial charge in [-0.2, -0.15) is 0 Å². The average molecular weight is 463 g/mol. The number of terminal acetylenes is 1. The summed E-state index contributed by atoms with van der Waals surface area (Å²) in [5.41, 5.74) is 4.31. The van der Waals surface area contributed by atoms with E-state index in [0.29, 0.717) is 6.54 Å². The van der Waals surface area contributed by atoms with Gasteiger partial charge in [-0.05, 0) is 68.1 Å². The lowest BCUT2D eigenvalue weighted by Crippen LogP contribution is -2.35. The van der Waals surface area contributed by atoms with E-state index < -0.39 is 0 Å². The van der Waals surface area contributed by atoms with Crippen LogP contribution in [0.15, 0.2) is 53.4 Å². The van der Waals surface area contributed by atoms with Crippen molar-refractivity contribution >= 4 is 40.1 Å². The third-order valence-corrected chi connectivity index (χ3v) is 6.80. The van der Waals surface area contributed by atoms with Crippen molar-refractivity contribution in [1.29, 1.82) is 0 Å². The molecule has 0 aromatic heterocycles. The van der Waals surface area contributed by atoms with Gasteiger partial charge in [0.2, 0.25) is 0 Å². The normalized spacial score (nSPS) is 11.5. The molecule has 0 fully saturated rings. The molecule has 3 aromatic rings. The summed E-state index contributed by atoms with van der Waals surface area (Å²) in [7, 11) is 3.09. The third-order valence-electron chi connectivity index (χ3n) is 5.63. The number of aryl methyl sites for hydroxylation is 2. The minimum atomic E-state index is -0.256. The van der Waals surface area contributed by atoms with Crippen molar-refractivity contribution in [2.75, 3.05) is 30.4 Å². The minimum Gasteiger partial charge on any atom is -0.497 e. The summed E-state index contributed by atoms with van der Waals surface area (Å²) in [5, 5.41) is 2.15. The molecule has 0 spiro atoms. The Morgan fingerprint density at radius 3 is 2.39 bits per heavy atom. The number of hydrogen-bond acceptors (Lipinski definition) is 6. The van der Waals surface area contributed by atoms with Gasteiger partial charge in [-0.1, -0.05) is 30.2 Å². The number of anilines is 2. The summed E-state index contributed by atoms with van der Waals surface area (Å²) in [4.78, 5) is 15.1. The van der Waals surface area contributed by atoms with E-state index in [-0.39, 0.29) is 18.4 Å². The van der Waals surface area contributed by atoms with Gasteiger partial charge in [-0.25, -0.2) is 0 Å². The summed E-state index contributed by atoms with van der Waals surface area (Å²) >= 11 is 1.59. The van der Waals surface area contributed by atoms with E-state index in [0.717, 1.165) is 39.0 Å². The molecule has 0 aliphatic rings. The van der Waals surface area contributed by atoms with Crippen LogP contribution in [0.5, 0.6) is 5.75 Å². The molecular weight excluding hydrogens is 432 g/mol. The van der Waals surface area contributed by atoms with Crippen LogP contribution < -0.4 is 14.4 Å². The lowest BCUT2D eigenvalue weighted by molar-refractivity contribution is -0.140. The molecule has 0 saturated heterocycles. The maximum atomic E-state index is 11.9. The Morgan fingerprint density at radius 1 is 1.12 bits per heavy atom. The van der Waals surface area contributed by atoms with Crippen LogP contribution in [0.4, 0.5) is 11.4 Å². The zero-order chi connectivity index (χ0) is 24.0. The van der Waals surface area contributed by atoms with E-state index in [1.54, 1.807) is 19.1 Å². The molecule has 0 aliphatic heterocycles. The number of hydrogen-bond donors (Lipinski definition) is 1. The summed E-state index contributed by atoms with van der Waals surface area (Å²) in [6, 6.07) is 16.3. The standard InChI is InChI=1S/C27H30N2O3S/c1-7-14-29(20(4)17-26(30)32-6)25-13-12-24(22-10-8-9-11-23(22)25)28-33-27-18(2)15-21(31-5)16-19(27)3/h1,8-13,15-16,20,28H,14,17H2,2-6H3/t20-/m0/s1. The minimum absolute atomic E-state index is 0.102.